The zero-order valence-corrected chi connectivity index (χ0v) is 29.8. The quantitative estimate of drug-likeness (QED) is 0.184. The fraction of sp³-hybridized carbons (Fsp3) is 0.568. The number of hydrogen-bond donors (Lipinski definition) is 5. The fourth-order valence-electron chi connectivity index (χ4n) is 8.37. The van der Waals surface area contributed by atoms with E-state index < -0.39 is 99.9 Å². The smallest absolute Gasteiger partial charge is 0.314 e. The molecule has 6 rings (SSSR count). The number of ketones is 3. The normalized spacial score (nSPS) is 30.2. The fourth-order valence-corrected chi connectivity index (χ4v) is 8.37. The molecular weight excluding hydrogens is 664 g/mol. The number of Topliss-reactive ketones (excluding diaryl/α,β-unsaturated/α-hetero) is 1. The number of carbonyl (C=O) groups is 4. The number of benzene rings is 2. The topological polar surface area (TPSA) is 215 Å². The SMILES string of the molecule is COc1cccc2c1C(=O)c1c(O)c3c(c(OC(=O)C4CC(C)(C)N(O)C(C)(C)C4)c1C2=O)C[C@@](O)(C(C)=O)C[C@@H]3OC1CC(N)C(O)C(C)O1. The highest BCUT2D eigenvalue weighted by atomic mass is 16.7. The van der Waals surface area contributed by atoms with Crippen molar-refractivity contribution in [2.45, 2.75) is 121 Å². The first-order valence-electron chi connectivity index (χ1n) is 17.1. The van der Waals surface area contributed by atoms with Gasteiger partial charge in [0, 0.05) is 53.1 Å². The maximum absolute atomic E-state index is 14.4. The van der Waals surface area contributed by atoms with Crippen molar-refractivity contribution in [1.82, 2.24) is 5.06 Å². The van der Waals surface area contributed by atoms with Crippen LogP contribution in [0.15, 0.2) is 18.2 Å². The van der Waals surface area contributed by atoms with Crippen LogP contribution in [0.25, 0.3) is 0 Å². The number of phenols is 1. The summed E-state index contributed by atoms with van der Waals surface area (Å²) in [4.78, 5) is 56.1. The maximum Gasteiger partial charge on any atom is 0.314 e. The van der Waals surface area contributed by atoms with Gasteiger partial charge in [0.15, 0.2) is 17.9 Å². The number of nitrogens with two attached hydrogens (primary N) is 1. The number of aliphatic hydroxyl groups is 2. The Morgan fingerprint density at radius 3 is 2.25 bits per heavy atom. The molecule has 2 aliphatic carbocycles. The Balaban J connectivity index is 1.56. The van der Waals surface area contributed by atoms with Crippen molar-refractivity contribution in [3.63, 3.8) is 0 Å². The number of nitrogens with zero attached hydrogens (tertiary/aromatic N) is 1. The molecule has 14 nitrogen and oxygen atoms in total. The second-order valence-corrected chi connectivity index (χ2v) is 15.6. The Morgan fingerprint density at radius 2 is 1.67 bits per heavy atom. The van der Waals surface area contributed by atoms with Gasteiger partial charge < -0.3 is 45.2 Å². The number of phenolic OH excluding ortho intramolecular Hbond substituents is 1. The van der Waals surface area contributed by atoms with E-state index >= 15 is 0 Å². The average Bonchev–Trinajstić information content (AvgIpc) is 3.05. The Labute approximate surface area is 295 Å². The molecular formula is C37H46N2O12. The first-order chi connectivity index (χ1) is 23.7. The number of aliphatic hydroxyl groups excluding tert-OH is 1. The minimum atomic E-state index is -2.11. The summed E-state index contributed by atoms with van der Waals surface area (Å²) < 4.78 is 23.7. The molecule has 2 saturated heterocycles. The monoisotopic (exact) mass is 710 g/mol. The predicted molar refractivity (Wildman–Crippen MR) is 179 cm³/mol. The molecule has 14 heteroatoms. The first kappa shape index (κ1) is 37.0. The summed E-state index contributed by atoms with van der Waals surface area (Å²) in [7, 11) is 1.34. The van der Waals surface area contributed by atoms with Gasteiger partial charge in [-0.25, -0.2) is 0 Å². The van der Waals surface area contributed by atoms with E-state index in [2.05, 4.69) is 0 Å². The molecule has 0 amide bonds. The van der Waals surface area contributed by atoms with Crippen molar-refractivity contribution in [2.75, 3.05) is 7.11 Å². The Bertz CT molecular complexity index is 1790. The summed E-state index contributed by atoms with van der Waals surface area (Å²) >= 11 is 0. The van der Waals surface area contributed by atoms with Gasteiger partial charge in [0.2, 0.25) is 5.78 Å². The highest BCUT2D eigenvalue weighted by Crippen LogP contribution is 2.53. The molecule has 0 bridgehead atoms. The number of hydroxylamine groups is 2. The van der Waals surface area contributed by atoms with E-state index in [4.69, 9.17) is 24.7 Å². The molecule has 2 heterocycles. The molecule has 6 atom stereocenters. The molecule has 0 aromatic heterocycles. The van der Waals surface area contributed by atoms with E-state index in [0.717, 1.165) is 0 Å². The predicted octanol–water partition coefficient (Wildman–Crippen LogP) is 2.89. The average molecular weight is 711 g/mol. The summed E-state index contributed by atoms with van der Waals surface area (Å²) in [5, 5.41) is 46.3. The van der Waals surface area contributed by atoms with Gasteiger partial charge in [0.1, 0.15) is 22.8 Å². The molecule has 2 aliphatic heterocycles. The lowest BCUT2D eigenvalue weighted by molar-refractivity contribution is -0.251. The van der Waals surface area contributed by atoms with Crippen LogP contribution in [0, 0.1) is 5.92 Å². The number of aromatic hydroxyl groups is 1. The number of piperidine rings is 1. The number of rotatable bonds is 6. The van der Waals surface area contributed by atoms with Crippen molar-refractivity contribution in [1.29, 1.82) is 0 Å². The molecule has 0 radical (unpaired) electrons. The second-order valence-electron chi connectivity index (χ2n) is 15.6. The summed E-state index contributed by atoms with van der Waals surface area (Å²) in [6, 6.07) is 3.70. The van der Waals surface area contributed by atoms with Crippen LogP contribution in [0.1, 0.15) is 116 Å². The summed E-state index contributed by atoms with van der Waals surface area (Å²) in [5.74, 6) is -4.67. The van der Waals surface area contributed by atoms with E-state index in [1.165, 1.54) is 37.3 Å². The molecule has 276 valence electrons. The van der Waals surface area contributed by atoms with Gasteiger partial charge in [0.25, 0.3) is 0 Å². The third-order valence-corrected chi connectivity index (χ3v) is 11.0. The van der Waals surface area contributed by atoms with Crippen molar-refractivity contribution >= 4 is 23.3 Å². The molecule has 2 aromatic rings. The van der Waals surface area contributed by atoms with Crippen LogP contribution in [0.4, 0.5) is 0 Å². The minimum Gasteiger partial charge on any atom is -0.507 e. The van der Waals surface area contributed by atoms with Gasteiger partial charge in [-0.2, -0.15) is 5.06 Å². The zero-order chi connectivity index (χ0) is 37.5. The van der Waals surface area contributed by atoms with Crippen molar-refractivity contribution in [3.8, 4) is 17.2 Å². The van der Waals surface area contributed by atoms with E-state index in [1.807, 2.05) is 0 Å². The standard InChI is InChI=1S/C37H46N2O12/c1-16-29(41)21(38)11-24(49-16)50-23-15-37(46,17(2)40)14-20-26(23)32(44)27-28(30(42)19-9-8-10-22(48-7)25(19)31(27)43)33(20)51-34(45)18-12-35(3,4)39(47)36(5,6)13-18/h8-10,16,18,21,23-24,29,41,44,46-47H,11-15,38H2,1-7H3/t16?,21?,23-,24?,29?,37-/m0/s1. The van der Waals surface area contributed by atoms with Gasteiger partial charge in [-0.15, -0.1) is 0 Å². The highest BCUT2D eigenvalue weighted by Gasteiger charge is 2.52. The lowest BCUT2D eigenvalue weighted by atomic mass is 9.72. The number of ether oxygens (including phenoxy) is 4. The zero-order valence-electron chi connectivity index (χ0n) is 29.8. The minimum absolute atomic E-state index is 0.0144. The lowest BCUT2D eigenvalue weighted by Gasteiger charge is -2.50. The van der Waals surface area contributed by atoms with Gasteiger partial charge in [0.05, 0.1) is 48.0 Å². The number of carbonyl (C=O) groups excluding carboxylic acids is 4. The third-order valence-electron chi connectivity index (χ3n) is 11.0. The van der Waals surface area contributed by atoms with Crippen LogP contribution in [0.5, 0.6) is 17.2 Å². The summed E-state index contributed by atoms with van der Waals surface area (Å²) in [5.41, 5.74) is 1.22. The molecule has 0 spiro atoms. The number of hydrogen-bond acceptors (Lipinski definition) is 14. The van der Waals surface area contributed by atoms with Crippen molar-refractivity contribution < 1.29 is 58.7 Å². The summed E-state index contributed by atoms with van der Waals surface area (Å²) in [6.07, 6.45) is -4.65. The Hall–Kier alpha value is -3.76. The molecule has 6 N–H and O–H groups in total. The van der Waals surface area contributed by atoms with Crippen LogP contribution in [-0.2, 0) is 25.5 Å². The lowest BCUT2D eigenvalue weighted by Crippen LogP contribution is -2.60. The van der Waals surface area contributed by atoms with E-state index in [9.17, 15) is 39.7 Å². The molecule has 51 heavy (non-hydrogen) atoms. The van der Waals surface area contributed by atoms with Crippen LogP contribution in [0.3, 0.4) is 0 Å². The molecule has 2 fully saturated rings. The van der Waals surface area contributed by atoms with Gasteiger partial charge in [-0.3, -0.25) is 19.2 Å². The number of esters is 1. The molecule has 4 aliphatic rings. The van der Waals surface area contributed by atoms with E-state index in [1.54, 1.807) is 34.6 Å². The maximum atomic E-state index is 14.4. The molecule has 0 saturated carbocycles. The van der Waals surface area contributed by atoms with Crippen molar-refractivity contribution in [3.05, 3.63) is 51.6 Å². The van der Waals surface area contributed by atoms with Crippen LogP contribution >= 0.6 is 0 Å². The van der Waals surface area contributed by atoms with Crippen LogP contribution < -0.4 is 15.2 Å². The largest absolute Gasteiger partial charge is 0.507 e. The van der Waals surface area contributed by atoms with Crippen molar-refractivity contribution in [2.24, 2.45) is 11.7 Å². The Kier molecular flexibility index (Phi) is 9.23. The first-order valence-corrected chi connectivity index (χ1v) is 17.1. The molecule has 2 aromatic carbocycles. The van der Waals surface area contributed by atoms with Crippen LogP contribution in [-0.4, -0.2) is 97.2 Å². The second kappa shape index (κ2) is 12.7. The third kappa shape index (κ3) is 6.06. The number of fused-ring (bicyclic) bond motifs is 3. The summed E-state index contributed by atoms with van der Waals surface area (Å²) in [6.45, 7) is 9.89. The van der Waals surface area contributed by atoms with E-state index in [0.29, 0.717) is 0 Å². The number of methoxy groups -OCH3 is 1. The van der Waals surface area contributed by atoms with Gasteiger partial charge >= 0.3 is 5.97 Å². The Morgan fingerprint density at radius 1 is 1.02 bits per heavy atom. The van der Waals surface area contributed by atoms with E-state index in [-0.39, 0.29) is 59.4 Å². The van der Waals surface area contributed by atoms with Crippen LogP contribution in [0.2, 0.25) is 0 Å². The molecule has 4 unspecified atom stereocenters. The highest BCUT2D eigenvalue weighted by molar-refractivity contribution is 6.31. The van der Waals surface area contributed by atoms with Gasteiger partial charge in [-0.05, 0) is 60.5 Å². The van der Waals surface area contributed by atoms with Gasteiger partial charge in [-0.1, -0.05) is 12.1 Å².